The number of carbonyl (C=O) groups excluding carboxylic acids is 5. The van der Waals surface area contributed by atoms with Crippen LogP contribution in [0.1, 0.15) is 92.1 Å². The zero-order chi connectivity index (χ0) is 59.3. The Hall–Kier alpha value is -10.9. The molecule has 3 N–H and O–H groups in total. The average molecular weight is 1120 g/mol. The van der Waals surface area contributed by atoms with Gasteiger partial charge in [-0.25, -0.2) is 23.6 Å². The molecular formula is C61H56N12O10. The molecule has 0 unspecified atom stereocenters. The Morgan fingerprint density at radius 1 is 0.506 bits per heavy atom. The smallest absolute Gasteiger partial charge is 0.340 e. The second-order valence-electron chi connectivity index (χ2n) is 18.3. The van der Waals surface area contributed by atoms with Gasteiger partial charge in [0.05, 0.1) is 70.1 Å². The molecule has 0 amide bonds. The Kier molecular flexibility index (Phi) is 18.5. The molecule has 420 valence electrons. The molecule has 0 aliphatic carbocycles. The minimum absolute atomic E-state index is 0.0349. The highest BCUT2D eigenvalue weighted by Gasteiger charge is 2.28. The number of ketones is 3. The van der Waals surface area contributed by atoms with Crippen LogP contribution in [0.5, 0.6) is 0 Å². The molecule has 0 saturated carbocycles. The molecule has 6 heterocycles. The van der Waals surface area contributed by atoms with E-state index in [0.717, 1.165) is 0 Å². The Labute approximate surface area is 474 Å². The molecule has 0 atom stereocenters. The molecule has 9 aromatic rings. The van der Waals surface area contributed by atoms with Crippen LogP contribution in [-0.4, -0.2) is 87.3 Å². The van der Waals surface area contributed by atoms with Crippen LogP contribution in [-0.2, 0) is 29.1 Å². The number of nitrogens with one attached hydrogen (secondary N) is 3. The van der Waals surface area contributed by atoms with E-state index in [9.17, 15) is 38.4 Å². The minimum atomic E-state index is -0.898. The number of aryl methyl sites for hydroxylation is 4. The highest BCUT2D eigenvalue weighted by molar-refractivity contribution is 6.09. The molecule has 0 fully saturated rings. The van der Waals surface area contributed by atoms with Crippen molar-refractivity contribution in [3.05, 3.63) is 211 Å². The van der Waals surface area contributed by atoms with E-state index in [0.29, 0.717) is 51.7 Å². The zero-order valence-corrected chi connectivity index (χ0v) is 46.3. The lowest BCUT2D eigenvalue weighted by Crippen LogP contribution is -2.29. The van der Waals surface area contributed by atoms with Crippen LogP contribution in [0.15, 0.2) is 161 Å². The normalized spacial score (nSPS) is 10.7. The predicted octanol–water partition coefficient (Wildman–Crippen LogP) is 9.06. The van der Waals surface area contributed by atoms with Crippen molar-refractivity contribution in [3.8, 4) is 33.8 Å². The summed E-state index contributed by atoms with van der Waals surface area (Å²) >= 11 is 0. The summed E-state index contributed by atoms with van der Waals surface area (Å²) in [5.74, 6) is -2.84. The summed E-state index contributed by atoms with van der Waals surface area (Å²) in [6.45, 7) is 9.85. The van der Waals surface area contributed by atoms with Gasteiger partial charge in [0.15, 0.2) is 18.2 Å². The SMILES string of the molecule is CCn1nc(-c2ccccc2)c(C(C)=O)c(Nc2cncc(C(=O)OC)c2)c1=O.CCn1nc(-c2ccccc2)c(C(C)=O)c(Nc2cncc(C(=O)OCC(=O)c3c(-c4ccccc4)nn(CC)c(=O)c3Nc3cccnc3C)c2)c1=O. The highest BCUT2D eigenvalue weighted by Crippen LogP contribution is 2.31. The summed E-state index contributed by atoms with van der Waals surface area (Å²) < 4.78 is 14.0. The van der Waals surface area contributed by atoms with Crippen molar-refractivity contribution in [1.82, 2.24) is 44.3 Å². The van der Waals surface area contributed by atoms with Crippen molar-refractivity contribution in [3.63, 3.8) is 0 Å². The van der Waals surface area contributed by atoms with Crippen molar-refractivity contribution in [1.29, 1.82) is 0 Å². The van der Waals surface area contributed by atoms with Crippen molar-refractivity contribution < 1.29 is 33.4 Å². The quantitative estimate of drug-likeness (QED) is 0.0502. The van der Waals surface area contributed by atoms with Gasteiger partial charge in [-0.2, -0.15) is 15.3 Å². The van der Waals surface area contributed by atoms with E-state index in [4.69, 9.17) is 9.47 Å². The molecule has 0 aliphatic heterocycles. The summed E-state index contributed by atoms with van der Waals surface area (Å²) in [5, 5.41) is 22.4. The summed E-state index contributed by atoms with van der Waals surface area (Å²) in [4.78, 5) is 117. The van der Waals surface area contributed by atoms with Crippen molar-refractivity contribution in [2.75, 3.05) is 29.7 Å². The summed E-state index contributed by atoms with van der Waals surface area (Å²) in [6, 6.07) is 33.4. The number of anilines is 6. The van der Waals surface area contributed by atoms with E-state index >= 15 is 0 Å². The summed E-state index contributed by atoms with van der Waals surface area (Å²) in [5.41, 5.74) is 3.39. The maximum atomic E-state index is 14.1. The number of ether oxygens (including phenoxy) is 2. The third-order valence-corrected chi connectivity index (χ3v) is 12.8. The summed E-state index contributed by atoms with van der Waals surface area (Å²) in [6.07, 6.45) is 7.04. The molecule has 0 radical (unpaired) electrons. The molecule has 0 spiro atoms. The number of hydrogen-bond donors (Lipinski definition) is 3. The number of carbonyl (C=O) groups is 5. The Bertz CT molecular complexity index is 4110. The van der Waals surface area contributed by atoms with Gasteiger partial charge in [0.1, 0.15) is 34.1 Å². The monoisotopic (exact) mass is 1120 g/mol. The van der Waals surface area contributed by atoms with Gasteiger partial charge in [-0.1, -0.05) is 91.0 Å². The van der Waals surface area contributed by atoms with Gasteiger partial charge in [0, 0.05) is 54.9 Å². The lowest BCUT2D eigenvalue weighted by Gasteiger charge is -2.18. The van der Waals surface area contributed by atoms with E-state index in [1.54, 1.807) is 94.6 Å². The van der Waals surface area contributed by atoms with Crippen LogP contribution >= 0.6 is 0 Å². The van der Waals surface area contributed by atoms with Gasteiger partial charge >= 0.3 is 11.9 Å². The van der Waals surface area contributed by atoms with Gasteiger partial charge in [-0.15, -0.1) is 0 Å². The number of benzene rings is 3. The van der Waals surface area contributed by atoms with Crippen molar-refractivity contribution in [2.24, 2.45) is 0 Å². The van der Waals surface area contributed by atoms with Crippen LogP contribution in [0, 0.1) is 6.92 Å². The number of rotatable bonds is 19. The first-order valence-corrected chi connectivity index (χ1v) is 26.1. The van der Waals surface area contributed by atoms with Crippen LogP contribution in [0.4, 0.5) is 34.1 Å². The molecule has 0 saturated heterocycles. The standard InChI is InChI=1S/C40H36N8O6.C21H20N4O4/c1-5-47-38(51)36(32(25(4)49)34(45-47)26-14-9-7-10-15-26)43-29-20-28(21-41-22-29)40(53)54-23-31(50)33-35(27-16-11-8-12-17-27)46-48(6-2)39(52)37(33)44-30-18-13-19-42-24(30)3;1-4-25-20(27)19(23-16-10-15(11-22-12-16)21(28)29-3)17(13(2)26)18(24-25)14-8-6-5-7-9-14/h7-22,43-44H,5-6,23H2,1-4H3;5-12,23H,4H2,1-3H3. The first kappa shape index (κ1) is 58.3. The number of pyridine rings is 3. The number of aromatic nitrogens is 9. The lowest BCUT2D eigenvalue weighted by atomic mass is 10.0. The van der Waals surface area contributed by atoms with Gasteiger partial charge in [0.25, 0.3) is 16.7 Å². The van der Waals surface area contributed by atoms with Gasteiger partial charge in [-0.05, 0) is 65.8 Å². The van der Waals surface area contributed by atoms with E-state index in [2.05, 4.69) is 46.2 Å². The molecule has 22 heteroatoms. The largest absolute Gasteiger partial charge is 0.465 e. The minimum Gasteiger partial charge on any atom is -0.465 e. The summed E-state index contributed by atoms with van der Waals surface area (Å²) in [7, 11) is 1.27. The Balaban J connectivity index is 0.000000261. The number of Topliss-reactive ketones (excluding diaryl/α,β-unsaturated/α-hetero) is 3. The van der Waals surface area contributed by atoms with E-state index < -0.39 is 46.8 Å². The number of hydrogen-bond acceptors (Lipinski definition) is 19. The van der Waals surface area contributed by atoms with Crippen LogP contribution < -0.4 is 32.6 Å². The van der Waals surface area contributed by atoms with Crippen molar-refractivity contribution >= 4 is 63.4 Å². The molecule has 3 aromatic carbocycles. The van der Waals surface area contributed by atoms with E-state index in [-0.39, 0.29) is 75.1 Å². The molecule has 9 rings (SSSR count). The van der Waals surface area contributed by atoms with Gasteiger partial charge in [0.2, 0.25) is 5.78 Å². The first-order valence-electron chi connectivity index (χ1n) is 26.1. The third-order valence-electron chi connectivity index (χ3n) is 12.8. The highest BCUT2D eigenvalue weighted by atomic mass is 16.5. The molecule has 6 aromatic heterocycles. The van der Waals surface area contributed by atoms with E-state index in [1.807, 2.05) is 42.5 Å². The average Bonchev–Trinajstić information content (AvgIpc) is 3.51. The third kappa shape index (κ3) is 13.1. The number of nitrogens with zero attached hydrogens (tertiary/aromatic N) is 9. The predicted molar refractivity (Wildman–Crippen MR) is 312 cm³/mol. The van der Waals surface area contributed by atoms with Crippen LogP contribution in [0.25, 0.3) is 33.8 Å². The van der Waals surface area contributed by atoms with Crippen molar-refractivity contribution in [2.45, 2.75) is 61.2 Å². The fourth-order valence-corrected chi connectivity index (χ4v) is 8.74. The van der Waals surface area contributed by atoms with Gasteiger partial charge < -0.3 is 25.4 Å². The molecule has 0 bridgehead atoms. The topological polar surface area (TPSA) is 283 Å². The molecule has 0 aliphatic rings. The van der Waals surface area contributed by atoms with Gasteiger partial charge in [-0.3, -0.25) is 43.7 Å². The molecule has 22 nitrogen and oxygen atoms in total. The van der Waals surface area contributed by atoms with E-state index in [1.165, 1.54) is 71.9 Å². The number of methoxy groups -OCH3 is 1. The Morgan fingerprint density at radius 3 is 1.29 bits per heavy atom. The van der Waals surface area contributed by atoms with Crippen LogP contribution in [0.3, 0.4) is 0 Å². The number of esters is 2. The fourth-order valence-electron chi connectivity index (χ4n) is 8.74. The first-order chi connectivity index (χ1) is 40.1. The zero-order valence-electron chi connectivity index (χ0n) is 46.3. The second kappa shape index (κ2) is 26.4. The lowest BCUT2D eigenvalue weighted by molar-refractivity contribution is 0.0474. The maximum Gasteiger partial charge on any atom is 0.340 e. The molecule has 83 heavy (non-hydrogen) atoms. The van der Waals surface area contributed by atoms with Crippen LogP contribution in [0.2, 0.25) is 0 Å². The maximum absolute atomic E-state index is 14.1. The molecular weight excluding hydrogens is 1060 g/mol. The Morgan fingerprint density at radius 2 is 0.904 bits per heavy atom. The second-order valence-corrected chi connectivity index (χ2v) is 18.3. The fraction of sp³-hybridized carbons (Fsp3) is 0.180.